The van der Waals surface area contributed by atoms with Crippen molar-refractivity contribution >= 4 is 11.8 Å². The van der Waals surface area contributed by atoms with Gasteiger partial charge in [0, 0.05) is 38.6 Å². The van der Waals surface area contributed by atoms with Gasteiger partial charge in [-0.2, -0.15) is 0 Å². The lowest BCUT2D eigenvalue weighted by Gasteiger charge is -2.13. The SMILES string of the molecule is COCCNC(=O)CCNC(=O)C(C)CCCC(C)N. The monoisotopic (exact) mass is 287 g/mol. The van der Waals surface area contributed by atoms with Crippen LogP contribution in [0.3, 0.4) is 0 Å². The maximum atomic E-state index is 11.8. The highest BCUT2D eigenvalue weighted by molar-refractivity contribution is 5.80. The van der Waals surface area contributed by atoms with E-state index in [-0.39, 0.29) is 23.8 Å². The first kappa shape index (κ1) is 18.9. The van der Waals surface area contributed by atoms with Crippen LogP contribution in [0.4, 0.5) is 0 Å². The van der Waals surface area contributed by atoms with E-state index in [1.807, 2.05) is 13.8 Å². The molecule has 0 saturated carbocycles. The minimum atomic E-state index is -0.0769. The zero-order valence-corrected chi connectivity index (χ0v) is 12.9. The number of nitrogens with two attached hydrogens (primary N) is 1. The summed E-state index contributed by atoms with van der Waals surface area (Å²) in [5.74, 6) is -0.114. The van der Waals surface area contributed by atoms with Gasteiger partial charge in [-0.15, -0.1) is 0 Å². The summed E-state index contributed by atoms with van der Waals surface area (Å²) in [4.78, 5) is 23.2. The Hall–Kier alpha value is -1.14. The number of hydrogen-bond donors (Lipinski definition) is 3. The molecule has 0 rings (SSSR count). The van der Waals surface area contributed by atoms with Crippen molar-refractivity contribution < 1.29 is 14.3 Å². The molecule has 0 saturated heterocycles. The second-order valence-corrected chi connectivity index (χ2v) is 5.19. The number of amides is 2. The highest BCUT2D eigenvalue weighted by Gasteiger charge is 2.12. The zero-order valence-electron chi connectivity index (χ0n) is 12.9. The largest absolute Gasteiger partial charge is 0.383 e. The minimum Gasteiger partial charge on any atom is -0.383 e. The molecule has 0 aliphatic rings. The van der Waals surface area contributed by atoms with Gasteiger partial charge >= 0.3 is 0 Å². The predicted octanol–water partition coefficient (Wildman–Crippen LogP) is 0.409. The van der Waals surface area contributed by atoms with Gasteiger partial charge in [-0.25, -0.2) is 0 Å². The summed E-state index contributed by atoms with van der Waals surface area (Å²) in [6, 6.07) is 0.182. The highest BCUT2D eigenvalue weighted by atomic mass is 16.5. The smallest absolute Gasteiger partial charge is 0.222 e. The Morgan fingerprint density at radius 3 is 2.45 bits per heavy atom. The molecule has 2 atom stereocenters. The van der Waals surface area contributed by atoms with Crippen molar-refractivity contribution in [3.05, 3.63) is 0 Å². The third kappa shape index (κ3) is 10.8. The molecule has 0 aromatic carbocycles. The molecule has 118 valence electrons. The third-order valence-corrected chi connectivity index (χ3v) is 3.02. The molecule has 0 bridgehead atoms. The Bertz CT molecular complexity index is 283. The van der Waals surface area contributed by atoms with Crippen LogP contribution < -0.4 is 16.4 Å². The van der Waals surface area contributed by atoms with Gasteiger partial charge in [0.05, 0.1) is 6.61 Å². The zero-order chi connectivity index (χ0) is 15.4. The van der Waals surface area contributed by atoms with Crippen molar-refractivity contribution in [1.29, 1.82) is 0 Å². The van der Waals surface area contributed by atoms with Gasteiger partial charge in [0.25, 0.3) is 0 Å². The molecule has 0 fully saturated rings. The molecule has 0 aromatic heterocycles. The van der Waals surface area contributed by atoms with E-state index in [4.69, 9.17) is 10.5 Å². The predicted molar refractivity (Wildman–Crippen MR) is 79.2 cm³/mol. The fourth-order valence-electron chi connectivity index (χ4n) is 1.73. The van der Waals surface area contributed by atoms with Crippen LogP contribution in [0, 0.1) is 5.92 Å². The van der Waals surface area contributed by atoms with E-state index in [2.05, 4.69) is 10.6 Å². The van der Waals surface area contributed by atoms with E-state index < -0.39 is 0 Å². The molecular formula is C14H29N3O3. The lowest BCUT2D eigenvalue weighted by molar-refractivity contribution is -0.125. The maximum Gasteiger partial charge on any atom is 0.222 e. The fraction of sp³-hybridized carbons (Fsp3) is 0.857. The number of carbonyl (C=O) groups is 2. The minimum absolute atomic E-state index is 0.000587. The van der Waals surface area contributed by atoms with Crippen molar-refractivity contribution in [2.45, 2.75) is 45.6 Å². The first-order chi connectivity index (χ1) is 9.47. The van der Waals surface area contributed by atoms with Gasteiger partial charge in [0.2, 0.25) is 11.8 Å². The third-order valence-electron chi connectivity index (χ3n) is 3.02. The molecular weight excluding hydrogens is 258 g/mol. The van der Waals surface area contributed by atoms with Crippen molar-refractivity contribution in [2.75, 3.05) is 26.8 Å². The lowest BCUT2D eigenvalue weighted by atomic mass is 10.0. The first-order valence-electron chi connectivity index (χ1n) is 7.26. The number of carbonyl (C=O) groups excluding carboxylic acids is 2. The topological polar surface area (TPSA) is 93.5 Å². The average molecular weight is 287 g/mol. The summed E-state index contributed by atoms with van der Waals surface area (Å²) < 4.78 is 4.83. The van der Waals surface area contributed by atoms with Gasteiger partial charge in [0.1, 0.15) is 0 Å². The molecule has 0 radical (unpaired) electrons. The van der Waals surface area contributed by atoms with E-state index >= 15 is 0 Å². The molecule has 2 amide bonds. The van der Waals surface area contributed by atoms with Crippen LogP contribution in [0.2, 0.25) is 0 Å². The molecule has 2 unspecified atom stereocenters. The van der Waals surface area contributed by atoms with Gasteiger partial charge in [-0.05, 0) is 19.8 Å². The number of rotatable bonds is 11. The molecule has 6 heteroatoms. The van der Waals surface area contributed by atoms with Gasteiger partial charge in [-0.1, -0.05) is 13.3 Å². The van der Waals surface area contributed by atoms with E-state index in [0.717, 1.165) is 19.3 Å². The number of nitrogens with one attached hydrogen (secondary N) is 2. The van der Waals surface area contributed by atoms with Gasteiger partial charge < -0.3 is 21.1 Å². The van der Waals surface area contributed by atoms with Crippen LogP contribution in [0.1, 0.15) is 39.5 Å². The van der Waals surface area contributed by atoms with Crippen molar-refractivity contribution in [2.24, 2.45) is 11.7 Å². The summed E-state index contributed by atoms with van der Waals surface area (Å²) in [6.07, 6.45) is 3.00. The molecule has 0 heterocycles. The number of methoxy groups -OCH3 is 1. The Kier molecular flexibility index (Phi) is 11.0. The normalized spacial score (nSPS) is 13.6. The second-order valence-electron chi connectivity index (χ2n) is 5.19. The summed E-state index contributed by atoms with van der Waals surface area (Å²) in [6.45, 7) is 5.23. The van der Waals surface area contributed by atoms with E-state index in [1.54, 1.807) is 7.11 Å². The summed E-state index contributed by atoms with van der Waals surface area (Å²) >= 11 is 0. The molecule has 0 aliphatic heterocycles. The van der Waals surface area contributed by atoms with Crippen LogP contribution in [-0.4, -0.2) is 44.7 Å². The Morgan fingerprint density at radius 1 is 1.15 bits per heavy atom. The van der Waals surface area contributed by atoms with Crippen molar-refractivity contribution in [1.82, 2.24) is 10.6 Å². The van der Waals surface area contributed by atoms with E-state index in [0.29, 0.717) is 26.1 Å². The van der Waals surface area contributed by atoms with Crippen molar-refractivity contribution in [3.8, 4) is 0 Å². The summed E-state index contributed by atoms with van der Waals surface area (Å²) in [5, 5.41) is 5.48. The molecule has 4 N–H and O–H groups in total. The van der Waals surface area contributed by atoms with Crippen LogP contribution >= 0.6 is 0 Å². The Labute approximate surface area is 121 Å². The fourth-order valence-corrected chi connectivity index (χ4v) is 1.73. The Morgan fingerprint density at radius 2 is 1.85 bits per heavy atom. The van der Waals surface area contributed by atoms with Gasteiger partial charge in [0.15, 0.2) is 0 Å². The molecule has 6 nitrogen and oxygen atoms in total. The molecule has 0 aromatic rings. The Balaban J connectivity index is 3.63. The van der Waals surface area contributed by atoms with Gasteiger partial charge in [-0.3, -0.25) is 9.59 Å². The maximum absolute atomic E-state index is 11.8. The van der Waals surface area contributed by atoms with Crippen LogP contribution in [0.25, 0.3) is 0 Å². The quantitative estimate of drug-likeness (QED) is 0.480. The van der Waals surface area contributed by atoms with Crippen LogP contribution in [-0.2, 0) is 14.3 Å². The van der Waals surface area contributed by atoms with E-state index in [9.17, 15) is 9.59 Å². The average Bonchev–Trinajstić information content (AvgIpc) is 2.38. The standard InChI is InChI=1S/C14H29N3O3/c1-11(5-4-6-12(2)15)14(19)17-8-7-13(18)16-9-10-20-3/h11-12H,4-10,15H2,1-3H3,(H,16,18)(H,17,19). The number of ether oxygens (including phenoxy) is 1. The number of hydrogen-bond acceptors (Lipinski definition) is 4. The first-order valence-corrected chi connectivity index (χ1v) is 7.26. The van der Waals surface area contributed by atoms with Crippen LogP contribution in [0.5, 0.6) is 0 Å². The van der Waals surface area contributed by atoms with E-state index in [1.165, 1.54) is 0 Å². The molecule has 20 heavy (non-hydrogen) atoms. The molecule has 0 aliphatic carbocycles. The lowest BCUT2D eigenvalue weighted by Crippen LogP contribution is -2.34. The van der Waals surface area contributed by atoms with Crippen molar-refractivity contribution in [3.63, 3.8) is 0 Å². The summed E-state index contributed by atoms with van der Waals surface area (Å²) in [7, 11) is 1.58. The molecule has 0 spiro atoms. The second kappa shape index (κ2) is 11.7. The summed E-state index contributed by atoms with van der Waals surface area (Å²) in [5.41, 5.74) is 5.66. The highest BCUT2D eigenvalue weighted by Crippen LogP contribution is 2.08. The van der Waals surface area contributed by atoms with Crippen LogP contribution in [0.15, 0.2) is 0 Å².